The van der Waals surface area contributed by atoms with Crippen LogP contribution in [-0.4, -0.2) is 51.9 Å². The third kappa shape index (κ3) is 6.43. The van der Waals surface area contributed by atoms with Gasteiger partial charge in [-0.3, -0.25) is 9.59 Å². The van der Waals surface area contributed by atoms with Crippen LogP contribution in [0.3, 0.4) is 0 Å². The summed E-state index contributed by atoms with van der Waals surface area (Å²) in [6, 6.07) is 0. The maximum Gasteiger partial charge on any atom is 0.309 e. The van der Waals surface area contributed by atoms with Crippen LogP contribution in [-0.2, 0) is 21.0 Å². The molecule has 35 heavy (non-hydrogen) atoms. The maximum absolute atomic E-state index is 13.7. The van der Waals surface area contributed by atoms with Crippen molar-refractivity contribution in [3.63, 3.8) is 0 Å². The number of aliphatic hydroxyl groups excluding tert-OH is 2. The molecule has 0 radical (unpaired) electrons. The van der Waals surface area contributed by atoms with Gasteiger partial charge < -0.3 is 14.9 Å². The molecule has 194 valence electrons. The van der Waals surface area contributed by atoms with Gasteiger partial charge in [0, 0.05) is 17.7 Å². The zero-order valence-electron chi connectivity index (χ0n) is 20.5. The molecule has 2 bridgehead atoms. The van der Waals surface area contributed by atoms with Crippen molar-refractivity contribution in [2.75, 3.05) is 6.67 Å². The molecule has 6 atom stereocenters. The third-order valence-corrected chi connectivity index (χ3v) is 8.29. The lowest BCUT2D eigenvalue weighted by Crippen LogP contribution is -2.54. The van der Waals surface area contributed by atoms with Gasteiger partial charge in [-0.2, -0.15) is 0 Å². The van der Waals surface area contributed by atoms with Crippen LogP contribution in [0.15, 0.2) is 22.6 Å². The molecule has 1 aliphatic carbocycles. The topological polar surface area (TPSA) is 96.7 Å². The van der Waals surface area contributed by atoms with E-state index >= 15 is 0 Å². The van der Waals surface area contributed by atoms with Crippen LogP contribution in [0, 0.1) is 17.3 Å². The Morgan fingerprint density at radius 3 is 2.71 bits per heavy atom. The number of aromatic nitrogens is 1. The summed E-state index contributed by atoms with van der Waals surface area (Å²) in [5, 5.41) is 23.7. The number of ether oxygens (including phenoxy) is 1. The van der Waals surface area contributed by atoms with E-state index < -0.39 is 49.0 Å². The van der Waals surface area contributed by atoms with Gasteiger partial charge in [-0.05, 0) is 55.7 Å². The first-order valence-electron chi connectivity index (χ1n) is 12.1. The van der Waals surface area contributed by atoms with Gasteiger partial charge in [-0.1, -0.05) is 19.9 Å². The van der Waals surface area contributed by atoms with Crippen molar-refractivity contribution >= 4 is 29.2 Å². The molecule has 0 spiro atoms. The van der Waals surface area contributed by atoms with E-state index in [0.717, 1.165) is 0 Å². The molecule has 9 heteroatoms. The molecule has 1 aromatic heterocycles. The van der Waals surface area contributed by atoms with Gasteiger partial charge in [-0.15, -0.1) is 11.3 Å². The Morgan fingerprint density at radius 2 is 2.06 bits per heavy atom. The molecule has 1 fully saturated rings. The second-order valence-electron chi connectivity index (χ2n) is 10.0. The van der Waals surface area contributed by atoms with Crippen molar-refractivity contribution < 1.29 is 33.3 Å². The largest absolute Gasteiger partial charge is 0.457 e. The van der Waals surface area contributed by atoms with E-state index in [1.54, 1.807) is 38.3 Å². The summed E-state index contributed by atoms with van der Waals surface area (Å²) in [6.07, 6.45) is 2.46. The Morgan fingerprint density at radius 1 is 1.31 bits per heavy atom. The lowest BCUT2D eigenvalue weighted by atomic mass is 9.60. The molecule has 2 N–H and O–H groups in total. The van der Waals surface area contributed by atoms with Crippen LogP contribution in [0.5, 0.6) is 0 Å². The van der Waals surface area contributed by atoms with Gasteiger partial charge in [0.15, 0.2) is 0 Å². The van der Waals surface area contributed by atoms with Crippen molar-refractivity contribution in [2.45, 2.75) is 84.3 Å². The highest BCUT2D eigenvalue weighted by atomic mass is 32.1. The van der Waals surface area contributed by atoms with Crippen molar-refractivity contribution in [1.29, 1.82) is 0 Å². The van der Waals surface area contributed by atoms with E-state index in [0.29, 0.717) is 41.1 Å². The average Bonchev–Trinajstić information content (AvgIpc) is 3.28. The van der Waals surface area contributed by atoms with Crippen LogP contribution < -0.4 is 0 Å². The maximum atomic E-state index is 13.7. The minimum Gasteiger partial charge on any atom is -0.457 e. The lowest BCUT2D eigenvalue weighted by Gasteiger charge is -2.45. The Kier molecular flexibility index (Phi) is 9.34. The number of halogens is 2. The molecule has 0 saturated heterocycles. The predicted molar refractivity (Wildman–Crippen MR) is 130 cm³/mol. The predicted octanol–water partition coefficient (Wildman–Crippen LogP) is 4.74. The molecule has 1 saturated carbocycles. The fourth-order valence-electron chi connectivity index (χ4n) is 5.21. The molecule has 3 rings (SSSR count). The van der Waals surface area contributed by atoms with Crippen LogP contribution in [0.4, 0.5) is 8.78 Å². The number of carbonyl (C=O) groups is 2. The van der Waals surface area contributed by atoms with Gasteiger partial charge in [0.25, 0.3) is 0 Å². The SMILES string of the molecule is C/C(=C\c1csc(CF)n1)[C@@H]1C/C=C(/CF)CCC[C@@H]2C[C@@](C)(C(=O)[C@H](C)[C@H]2O)[C@@H](O)CC(=O)O1. The monoisotopic (exact) mass is 511 g/mol. The Bertz CT molecular complexity index is 977. The standard InChI is InChI=1S/C26H35F2NO5S/c1-15(9-19-14-35-22(13-28)29-19)20-8-7-17(12-27)5-4-6-18-11-26(3,21(30)10-23(31)34-20)25(33)16(2)24(18)32/h7,9,14,16,18,20-21,24,30,32H,4-6,8,10-13H2,1-3H3/b15-9+,17-7+/t16-,18-,20+,21+,24-,26-/m1/s1. The number of nitrogens with zero attached hydrogens (tertiary/aromatic N) is 1. The third-order valence-electron chi connectivity index (χ3n) is 7.46. The van der Waals surface area contributed by atoms with Crippen molar-refractivity contribution in [2.24, 2.45) is 17.3 Å². The van der Waals surface area contributed by atoms with E-state index in [2.05, 4.69) is 4.98 Å². The number of aliphatic hydroxyl groups is 2. The number of allylic oxidation sites excluding steroid dienone is 1. The van der Waals surface area contributed by atoms with Crippen LogP contribution in [0.1, 0.15) is 70.0 Å². The number of esters is 1. The summed E-state index contributed by atoms with van der Waals surface area (Å²) in [4.78, 5) is 30.1. The highest BCUT2D eigenvalue weighted by molar-refractivity contribution is 7.09. The smallest absolute Gasteiger partial charge is 0.309 e. The van der Waals surface area contributed by atoms with E-state index in [4.69, 9.17) is 4.74 Å². The van der Waals surface area contributed by atoms with Gasteiger partial charge in [-0.25, -0.2) is 13.8 Å². The Balaban J connectivity index is 1.90. The average molecular weight is 512 g/mol. The Labute approximate surface area is 209 Å². The van der Waals surface area contributed by atoms with Gasteiger partial charge in [0.1, 0.15) is 30.2 Å². The molecule has 6 nitrogen and oxygen atoms in total. The Hall–Kier alpha value is -1.97. The zero-order chi connectivity index (χ0) is 25.8. The molecule has 0 amide bonds. The van der Waals surface area contributed by atoms with Crippen molar-refractivity contribution in [3.05, 3.63) is 33.3 Å². The highest BCUT2D eigenvalue weighted by Crippen LogP contribution is 2.44. The molecule has 0 aromatic carbocycles. The number of cyclic esters (lactones) is 1. The van der Waals surface area contributed by atoms with Gasteiger partial charge >= 0.3 is 5.97 Å². The first kappa shape index (κ1) is 27.6. The lowest BCUT2D eigenvalue weighted by molar-refractivity contribution is -0.161. The minimum absolute atomic E-state index is 0.229. The molecule has 1 aliphatic heterocycles. The first-order chi connectivity index (χ1) is 16.6. The van der Waals surface area contributed by atoms with Crippen LogP contribution in [0.2, 0.25) is 0 Å². The number of fused-ring (bicyclic) bond motifs is 2. The van der Waals surface area contributed by atoms with Crippen LogP contribution in [0.25, 0.3) is 6.08 Å². The summed E-state index contributed by atoms with van der Waals surface area (Å²) in [5.74, 6) is -1.83. The fraction of sp³-hybridized carbons (Fsp3) is 0.654. The number of carbonyl (C=O) groups excluding carboxylic acids is 2. The number of hydrogen-bond donors (Lipinski definition) is 2. The normalized spacial score (nSPS) is 35.1. The fourth-order valence-corrected chi connectivity index (χ4v) is 5.81. The zero-order valence-corrected chi connectivity index (χ0v) is 21.3. The van der Waals surface area contributed by atoms with Gasteiger partial charge in [0.2, 0.25) is 0 Å². The van der Waals surface area contributed by atoms with Gasteiger partial charge in [0.05, 0.1) is 29.7 Å². The second kappa shape index (κ2) is 11.8. The molecule has 1 aromatic rings. The molecular weight excluding hydrogens is 476 g/mol. The second-order valence-corrected chi connectivity index (χ2v) is 11.0. The number of ketones is 1. The summed E-state index contributed by atoms with van der Waals surface area (Å²) in [6.45, 7) is 3.76. The molecule has 0 unspecified atom stereocenters. The number of hydrogen-bond acceptors (Lipinski definition) is 7. The highest BCUT2D eigenvalue weighted by Gasteiger charge is 2.51. The summed E-state index contributed by atoms with van der Waals surface area (Å²) in [5.41, 5.74) is 0.599. The van der Waals surface area contributed by atoms with Crippen molar-refractivity contribution in [3.8, 4) is 0 Å². The molecular formula is C26H35F2NO5S. The summed E-state index contributed by atoms with van der Waals surface area (Å²) in [7, 11) is 0. The van der Waals surface area contributed by atoms with Crippen molar-refractivity contribution in [1.82, 2.24) is 4.98 Å². The summed E-state index contributed by atoms with van der Waals surface area (Å²) < 4.78 is 32.3. The minimum atomic E-state index is -1.25. The quantitative estimate of drug-likeness (QED) is 0.448. The molecule has 2 heterocycles. The van der Waals surface area contributed by atoms with E-state index in [-0.39, 0.29) is 31.0 Å². The number of rotatable bonds is 4. The van der Waals surface area contributed by atoms with E-state index in [9.17, 15) is 28.6 Å². The number of Topliss-reactive ketones (excluding diaryl/α,β-unsaturated/α-hetero) is 1. The van der Waals surface area contributed by atoms with E-state index in [1.165, 1.54) is 11.3 Å². The van der Waals surface area contributed by atoms with E-state index in [1.807, 2.05) is 0 Å². The first-order valence-corrected chi connectivity index (χ1v) is 13.0. The molecule has 2 aliphatic rings. The number of thiazole rings is 1. The van der Waals surface area contributed by atoms with Crippen LogP contribution >= 0.6 is 11.3 Å². The summed E-state index contributed by atoms with van der Waals surface area (Å²) >= 11 is 1.19. The number of alkyl halides is 2.